The fraction of sp³-hybridized carbons (Fsp3) is 0.524. The highest BCUT2D eigenvalue weighted by Gasteiger charge is 2.37. The zero-order valence-corrected chi connectivity index (χ0v) is 17.0. The van der Waals surface area contributed by atoms with Crippen molar-refractivity contribution >= 4 is 23.5 Å². The monoisotopic (exact) mass is 426 g/mol. The Labute approximate surface area is 175 Å². The molecule has 0 aliphatic carbocycles. The third kappa shape index (κ3) is 8.14. The van der Waals surface area contributed by atoms with E-state index in [0.29, 0.717) is 36.3 Å². The van der Waals surface area contributed by atoms with Crippen LogP contribution in [0.3, 0.4) is 0 Å². The van der Waals surface area contributed by atoms with Crippen LogP contribution in [0.25, 0.3) is 0 Å². The van der Waals surface area contributed by atoms with E-state index in [1.54, 1.807) is 13.0 Å². The predicted molar refractivity (Wildman–Crippen MR) is 107 cm³/mol. The Balaban J connectivity index is 1.78. The van der Waals surface area contributed by atoms with Crippen LogP contribution in [0.4, 0.5) is 0 Å². The number of cyclic esters (lactones) is 1. The molecule has 160 valence electrons. The topological polar surface area (TPSA) is 113 Å². The number of ether oxygens (including phenoxy) is 2. The average molecular weight is 427 g/mol. The molecule has 1 saturated heterocycles. The fourth-order valence-corrected chi connectivity index (χ4v) is 3.44. The third-order valence-electron chi connectivity index (χ3n) is 4.69. The molecule has 0 aromatic carbocycles. The first-order chi connectivity index (χ1) is 13.7. The molecule has 2 rings (SSSR count). The maximum absolute atomic E-state index is 10.9. The van der Waals surface area contributed by atoms with Gasteiger partial charge in [-0.05, 0) is 37.8 Å². The van der Waals surface area contributed by atoms with E-state index in [1.807, 2.05) is 12.2 Å². The zero-order chi connectivity index (χ0) is 21.4. The minimum Gasteiger partial charge on any atom is -0.481 e. The van der Waals surface area contributed by atoms with Crippen molar-refractivity contribution in [3.8, 4) is 0 Å². The van der Waals surface area contributed by atoms with Crippen molar-refractivity contribution in [2.75, 3.05) is 6.61 Å². The summed E-state index contributed by atoms with van der Waals surface area (Å²) in [6.45, 7) is 1.88. The summed E-state index contributed by atoms with van der Waals surface area (Å²) in [6.07, 6.45) is 7.42. The van der Waals surface area contributed by atoms with Crippen LogP contribution < -0.4 is 0 Å². The molecule has 3 N–H and O–H groups in total. The van der Waals surface area contributed by atoms with Gasteiger partial charge in [-0.25, -0.2) is 4.79 Å². The highest BCUT2D eigenvalue weighted by molar-refractivity contribution is 6.29. The lowest BCUT2D eigenvalue weighted by atomic mass is 10.0. The van der Waals surface area contributed by atoms with Gasteiger partial charge in [0.05, 0.1) is 18.6 Å². The van der Waals surface area contributed by atoms with Crippen molar-refractivity contribution in [2.45, 2.75) is 63.4 Å². The van der Waals surface area contributed by atoms with E-state index in [9.17, 15) is 19.8 Å². The maximum atomic E-state index is 10.9. The van der Waals surface area contributed by atoms with Crippen LogP contribution in [0.2, 0.25) is 0 Å². The summed E-state index contributed by atoms with van der Waals surface area (Å²) in [6, 6.07) is 0. The van der Waals surface area contributed by atoms with Gasteiger partial charge in [0.1, 0.15) is 18.8 Å². The molecule has 1 fully saturated rings. The first-order valence-electron chi connectivity index (χ1n) is 9.53. The predicted octanol–water partition coefficient (Wildman–Crippen LogP) is 2.62. The van der Waals surface area contributed by atoms with Crippen LogP contribution in [0.5, 0.6) is 0 Å². The summed E-state index contributed by atoms with van der Waals surface area (Å²) in [5.74, 6) is -1.32. The molecule has 0 bridgehead atoms. The summed E-state index contributed by atoms with van der Waals surface area (Å²) in [5, 5.41) is 29.8. The van der Waals surface area contributed by atoms with Gasteiger partial charge < -0.3 is 24.8 Å². The standard InChI is InChI=1S/C21H27ClO7/c1-13(10-19(25)26)9-17(23)21-18(24)11-16(29-21)7-6-15(22)4-2-3-14-5-8-20(27)28-12-14/h3-5,8-9,16-18,21,23-24H,2,6-7,10-12H2,1H3,(H,25,26)/b13-9+,14-3+,15-4-/t16-,17-,18-,21-/m1/s1. The minimum atomic E-state index is -1.07. The number of carbonyl (C=O) groups excluding carboxylic acids is 1. The Morgan fingerprint density at radius 1 is 1.41 bits per heavy atom. The second-order valence-electron chi connectivity index (χ2n) is 7.25. The van der Waals surface area contributed by atoms with Gasteiger partial charge in [-0.15, -0.1) is 0 Å². The van der Waals surface area contributed by atoms with E-state index in [0.717, 1.165) is 5.57 Å². The highest BCUT2D eigenvalue weighted by atomic mass is 35.5. The Morgan fingerprint density at radius 3 is 2.83 bits per heavy atom. The zero-order valence-electron chi connectivity index (χ0n) is 16.3. The molecule has 0 spiro atoms. The van der Waals surface area contributed by atoms with Crippen molar-refractivity contribution < 1.29 is 34.4 Å². The van der Waals surface area contributed by atoms with Gasteiger partial charge in [0, 0.05) is 17.5 Å². The molecular weight excluding hydrogens is 400 g/mol. The van der Waals surface area contributed by atoms with E-state index < -0.39 is 24.3 Å². The normalized spacial score (nSPS) is 27.9. The number of halogens is 1. The van der Waals surface area contributed by atoms with Crippen molar-refractivity contribution in [3.05, 3.63) is 46.6 Å². The number of hydrogen-bond donors (Lipinski definition) is 3. The summed E-state index contributed by atoms with van der Waals surface area (Å²) in [5.41, 5.74) is 1.42. The van der Waals surface area contributed by atoms with Gasteiger partial charge in [-0.2, -0.15) is 0 Å². The van der Waals surface area contributed by atoms with Gasteiger partial charge >= 0.3 is 11.9 Å². The first kappa shape index (κ1) is 23.3. The second-order valence-corrected chi connectivity index (χ2v) is 7.73. The number of aliphatic carboxylic acids is 1. The average Bonchev–Trinajstić information content (AvgIpc) is 3.02. The number of hydrogen-bond acceptors (Lipinski definition) is 6. The summed E-state index contributed by atoms with van der Waals surface area (Å²) >= 11 is 6.25. The summed E-state index contributed by atoms with van der Waals surface area (Å²) < 4.78 is 10.7. The van der Waals surface area contributed by atoms with Gasteiger partial charge in [0.2, 0.25) is 0 Å². The fourth-order valence-electron chi connectivity index (χ4n) is 3.24. The smallest absolute Gasteiger partial charge is 0.331 e. The molecule has 0 unspecified atom stereocenters. The summed E-state index contributed by atoms with van der Waals surface area (Å²) in [7, 11) is 0. The maximum Gasteiger partial charge on any atom is 0.331 e. The molecular formula is C21H27ClO7. The van der Waals surface area contributed by atoms with Crippen LogP contribution >= 0.6 is 11.6 Å². The largest absolute Gasteiger partial charge is 0.481 e. The van der Waals surface area contributed by atoms with Crippen molar-refractivity contribution in [2.24, 2.45) is 0 Å². The van der Waals surface area contributed by atoms with Gasteiger partial charge in [-0.3, -0.25) is 4.79 Å². The number of allylic oxidation sites excluding steroid dienone is 3. The molecule has 0 aromatic rings. The van der Waals surface area contributed by atoms with Gasteiger partial charge in [0.15, 0.2) is 0 Å². The lowest BCUT2D eigenvalue weighted by Crippen LogP contribution is -2.33. The van der Waals surface area contributed by atoms with E-state index in [4.69, 9.17) is 26.2 Å². The quantitative estimate of drug-likeness (QED) is 0.383. The molecule has 7 nitrogen and oxygen atoms in total. The Bertz CT molecular complexity index is 723. The number of aliphatic hydroxyl groups is 2. The molecule has 0 saturated carbocycles. The minimum absolute atomic E-state index is 0.169. The highest BCUT2D eigenvalue weighted by Crippen LogP contribution is 2.28. The SMILES string of the molecule is C/C(=C\[C@@H](O)[C@H]1O[C@H](CC/C(Cl)=C/C/C=C2\C=CC(=O)OC2)C[C@H]1O)CC(=O)O. The van der Waals surface area contributed by atoms with E-state index in [2.05, 4.69) is 0 Å². The van der Waals surface area contributed by atoms with Gasteiger partial charge in [0.25, 0.3) is 0 Å². The van der Waals surface area contributed by atoms with Crippen molar-refractivity contribution in [1.29, 1.82) is 0 Å². The lowest BCUT2D eigenvalue weighted by Gasteiger charge is -2.19. The molecule has 29 heavy (non-hydrogen) atoms. The van der Waals surface area contributed by atoms with E-state index in [1.165, 1.54) is 12.2 Å². The van der Waals surface area contributed by atoms with Crippen molar-refractivity contribution in [3.63, 3.8) is 0 Å². The van der Waals surface area contributed by atoms with Crippen LogP contribution in [-0.2, 0) is 19.1 Å². The lowest BCUT2D eigenvalue weighted by molar-refractivity contribution is -0.137. The number of carbonyl (C=O) groups is 2. The van der Waals surface area contributed by atoms with Crippen LogP contribution in [0.1, 0.15) is 39.0 Å². The van der Waals surface area contributed by atoms with Crippen LogP contribution in [0.15, 0.2) is 46.6 Å². The molecule has 2 aliphatic rings. The second kappa shape index (κ2) is 11.3. The molecule has 0 radical (unpaired) electrons. The molecule has 4 atom stereocenters. The molecule has 2 aliphatic heterocycles. The van der Waals surface area contributed by atoms with Crippen LogP contribution in [0, 0.1) is 0 Å². The molecule has 0 aromatic heterocycles. The van der Waals surface area contributed by atoms with E-state index >= 15 is 0 Å². The Morgan fingerprint density at radius 2 is 2.17 bits per heavy atom. The number of rotatable bonds is 9. The number of carboxylic acids is 1. The first-order valence-corrected chi connectivity index (χ1v) is 9.91. The van der Waals surface area contributed by atoms with Crippen molar-refractivity contribution in [1.82, 2.24) is 0 Å². The number of carboxylic acid groups (broad SMARTS) is 1. The van der Waals surface area contributed by atoms with Gasteiger partial charge in [-0.1, -0.05) is 35.4 Å². The van der Waals surface area contributed by atoms with Crippen LogP contribution in [-0.4, -0.2) is 58.3 Å². The summed E-state index contributed by atoms with van der Waals surface area (Å²) in [4.78, 5) is 21.7. The molecule has 8 heteroatoms. The molecule has 0 amide bonds. The molecule has 2 heterocycles. The Hall–Kier alpha value is -1.93. The number of aliphatic hydroxyl groups excluding tert-OH is 2. The third-order valence-corrected chi connectivity index (χ3v) is 5.04. The Kier molecular flexibility index (Phi) is 9.10. The number of esters is 1. The van der Waals surface area contributed by atoms with E-state index in [-0.39, 0.29) is 25.1 Å².